The molecule has 5 N–H and O–H groups in total. The van der Waals surface area contributed by atoms with E-state index in [-0.39, 0.29) is 0 Å². The monoisotopic (exact) mass is 443 g/mol. The van der Waals surface area contributed by atoms with Crippen LogP contribution in [0, 0.1) is 0 Å². The van der Waals surface area contributed by atoms with Crippen LogP contribution in [0.15, 0.2) is 24.5 Å². The van der Waals surface area contributed by atoms with Crippen molar-refractivity contribution in [3.8, 4) is 0 Å². The zero-order valence-electron chi connectivity index (χ0n) is 18.6. The maximum atomic E-state index is 10.8. The van der Waals surface area contributed by atoms with Crippen LogP contribution >= 0.6 is 0 Å². The lowest BCUT2D eigenvalue weighted by molar-refractivity contribution is -0.138. The lowest BCUT2D eigenvalue weighted by Crippen LogP contribution is -2.29. The van der Waals surface area contributed by atoms with Crippen LogP contribution in [0.2, 0.25) is 0 Å². The van der Waals surface area contributed by atoms with Gasteiger partial charge in [0.15, 0.2) is 0 Å². The molecule has 3 rings (SSSR count). The van der Waals surface area contributed by atoms with Crippen molar-refractivity contribution in [1.29, 1.82) is 0 Å². The number of carbonyl (C=O) groups is 1. The summed E-state index contributed by atoms with van der Waals surface area (Å²) in [6.07, 6.45) is 7.90. The highest BCUT2D eigenvalue weighted by atomic mass is 16.4. The van der Waals surface area contributed by atoms with E-state index in [9.17, 15) is 4.79 Å². The van der Waals surface area contributed by atoms with Crippen LogP contribution in [0.5, 0.6) is 0 Å². The van der Waals surface area contributed by atoms with Crippen LogP contribution in [0.1, 0.15) is 32.1 Å². The molecule has 2 aromatic rings. The molecule has 0 radical (unpaired) electrons. The first-order valence-electron chi connectivity index (χ1n) is 11.1. The van der Waals surface area contributed by atoms with Crippen LogP contribution in [-0.4, -0.2) is 81.7 Å². The molecule has 0 bridgehead atoms. The van der Waals surface area contributed by atoms with E-state index in [2.05, 4.69) is 35.5 Å². The number of likely N-dealkylation sites (tertiary alicyclic amines) is 1. The van der Waals surface area contributed by atoms with Crippen LogP contribution in [-0.2, 0) is 4.79 Å². The first-order valence-corrected chi connectivity index (χ1v) is 11.1. The molecule has 0 spiro atoms. The molecule has 1 fully saturated rings. The second-order valence-corrected chi connectivity index (χ2v) is 7.90. The first kappa shape index (κ1) is 23.6. The molecule has 11 nitrogen and oxygen atoms in total. The molecule has 1 atom stereocenters. The highest BCUT2D eigenvalue weighted by Crippen LogP contribution is 2.21. The number of nitrogens with zero attached hydrogens (tertiary/aromatic N) is 6. The van der Waals surface area contributed by atoms with E-state index >= 15 is 0 Å². The summed E-state index contributed by atoms with van der Waals surface area (Å²) >= 11 is 0. The fraction of sp³-hybridized carbons (Fsp3) is 0.571. The maximum Gasteiger partial charge on any atom is 0.320 e. The van der Waals surface area contributed by atoms with Gasteiger partial charge in [0.05, 0.1) is 11.9 Å². The van der Waals surface area contributed by atoms with Crippen molar-refractivity contribution in [2.24, 2.45) is 5.73 Å². The summed E-state index contributed by atoms with van der Waals surface area (Å²) in [6.45, 7) is 4.61. The standard InChI is InChI=1S/C21H33N9O2/c1-29(16-7-6-9-23-15-16)21-27-19(24-10-3-2-8-17(22)18(31)32)26-20(28-21)25-11-14-30-12-4-5-13-30/h6-7,9,15,17H,2-5,8,10-14,22H2,1H3,(H,31,32)(H2,24,25,26,27,28)/t17-/m0/s1. The van der Waals surface area contributed by atoms with Crippen molar-refractivity contribution in [3.05, 3.63) is 24.5 Å². The summed E-state index contributed by atoms with van der Waals surface area (Å²) in [6, 6.07) is 2.98. The molecule has 1 aliphatic rings. The Kier molecular flexibility index (Phi) is 8.93. The highest BCUT2D eigenvalue weighted by molar-refractivity contribution is 5.72. The summed E-state index contributed by atoms with van der Waals surface area (Å²) in [5.41, 5.74) is 6.43. The molecule has 11 heteroatoms. The van der Waals surface area contributed by atoms with Gasteiger partial charge in [-0.25, -0.2) is 0 Å². The van der Waals surface area contributed by atoms with Gasteiger partial charge in [0, 0.05) is 32.9 Å². The Balaban J connectivity index is 1.62. The molecule has 3 heterocycles. The molecule has 0 unspecified atom stereocenters. The van der Waals surface area contributed by atoms with Crippen LogP contribution in [0.4, 0.5) is 23.5 Å². The lowest BCUT2D eigenvalue weighted by Gasteiger charge is -2.19. The second kappa shape index (κ2) is 12.1. The van der Waals surface area contributed by atoms with E-state index in [1.54, 1.807) is 12.4 Å². The number of nitrogens with one attached hydrogen (secondary N) is 2. The van der Waals surface area contributed by atoms with Gasteiger partial charge in [-0.15, -0.1) is 0 Å². The number of aliphatic carboxylic acids is 1. The average Bonchev–Trinajstić information content (AvgIpc) is 3.32. The van der Waals surface area contributed by atoms with Gasteiger partial charge in [-0.2, -0.15) is 15.0 Å². The Morgan fingerprint density at radius 1 is 1.19 bits per heavy atom. The number of anilines is 4. The van der Waals surface area contributed by atoms with E-state index in [1.165, 1.54) is 12.8 Å². The molecular formula is C21H33N9O2. The van der Waals surface area contributed by atoms with E-state index in [1.807, 2.05) is 24.1 Å². The molecule has 2 aromatic heterocycles. The predicted octanol–water partition coefficient (Wildman–Crippen LogP) is 1.54. The summed E-state index contributed by atoms with van der Waals surface area (Å²) in [7, 11) is 1.89. The summed E-state index contributed by atoms with van der Waals surface area (Å²) in [5, 5.41) is 15.4. The predicted molar refractivity (Wildman–Crippen MR) is 124 cm³/mol. The van der Waals surface area contributed by atoms with Crippen molar-refractivity contribution in [3.63, 3.8) is 0 Å². The minimum Gasteiger partial charge on any atom is -0.480 e. The molecule has 0 aromatic carbocycles. The number of aromatic nitrogens is 4. The summed E-state index contributed by atoms with van der Waals surface area (Å²) < 4.78 is 0. The van der Waals surface area contributed by atoms with Crippen molar-refractivity contribution in [1.82, 2.24) is 24.8 Å². The van der Waals surface area contributed by atoms with Crippen LogP contribution in [0.25, 0.3) is 0 Å². The molecule has 174 valence electrons. The average molecular weight is 444 g/mol. The number of carboxylic acid groups (broad SMARTS) is 1. The van der Waals surface area contributed by atoms with Crippen molar-refractivity contribution >= 4 is 29.5 Å². The van der Waals surface area contributed by atoms with Gasteiger partial charge in [0.25, 0.3) is 0 Å². The number of carboxylic acids is 1. The van der Waals surface area contributed by atoms with Gasteiger partial charge in [-0.3, -0.25) is 9.78 Å². The Morgan fingerprint density at radius 2 is 1.91 bits per heavy atom. The number of rotatable bonds is 13. The van der Waals surface area contributed by atoms with Crippen LogP contribution < -0.4 is 21.3 Å². The molecule has 0 amide bonds. The van der Waals surface area contributed by atoms with Gasteiger partial charge in [-0.1, -0.05) is 0 Å². The maximum absolute atomic E-state index is 10.8. The summed E-state index contributed by atoms with van der Waals surface area (Å²) in [4.78, 5) is 32.9. The summed E-state index contributed by atoms with van der Waals surface area (Å²) in [5.74, 6) is 0.521. The Morgan fingerprint density at radius 3 is 2.56 bits per heavy atom. The fourth-order valence-corrected chi connectivity index (χ4v) is 3.49. The van der Waals surface area contributed by atoms with Gasteiger partial charge < -0.3 is 31.3 Å². The van der Waals surface area contributed by atoms with Gasteiger partial charge >= 0.3 is 5.97 Å². The van der Waals surface area contributed by atoms with Crippen molar-refractivity contribution < 1.29 is 9.90 Å². The highest BCUT2D eigenvalue weighted by Gasteiger charge is 2.14. The Bertz CT molecular complexity index is 846. The van der Waals surface area contributed by atoms with Gasteiger partial charge in [0.1, 0.15) is 6.04 Å². The third-order valence-corrected chi connectivity index (χ3v) is 5.41. The van der Waals surface area contributed by atoms with E-state index < -0.39 is 12.0 Å². The minimum absolute atomic E-state index is 0.437. The topological polar surface area (TPSA) is 145 Å². The second-order valence-electron chi connectivity index (χ2n) is 7.90. The number of pyridine rings is 1. The number of nitrogens with two attached hydrogens (primary N) is 1. The van der Waals surface area contributed by atoms with Crippen molar-refractivity contribution in [2.45, 2.75) is 38.1 Å². The zero-order valence-corrected chi connectivity index (χ0v) is 18.6. The largest absolute Gasteiger partial charge is 0.480 e. The smallest absolute Gasteiger partial charge is 0.320 e. The van der Waals surface area contributed by atoms with Gasteiger partial charge in [0.2, 0.25) is 17.8 Å². The molecular weight excluding hydrogens is 410 g/mol. The first-order chi connectivity index (χ1) is 15.5. The quantitative estimate of drug-likeness (QED) is 0.334. The van der Waals surface area contributed by atoms with E-state index in [0.29, 0.717) is 37.2 Å². The molecule has 0 aliphatic carbocycles. The molecule has 32 heavy (non-hydrogen) atoms. The molecule has 1 aliphatic heterocycles. The van der Waals surface area contributed by atoms with Crippen molar-refractivity contribution in [2.75, 3.05) is 55.3 Å². The van der Waals surface area contributed by atoms with E-state index in [0.717, 1.165) is 38.3 Å². The Hall–Kier alpha value is -3.05. The van der Waals surface area contributed by atoms with E-state index in [4.69, 9.17) is 10.8 Å². The Labute approximate surface area is 188 Å². The normalized spacial score (nSPS) is 14.8. The van der Waals surface area contributed by atoms with Gasteiger partial charge in [-0.05, 0) is 57.3 Å². The lowest BCUT2D eigenvalue weighted by atomic mass is 10.1. The number of unbranched alkanes of at least 4 members (excludes halogenated alkanes) is 1. The number of hydrogen-bond donors (Lipinski definition) is 4. The number of hydrogen-bond acceptors (Lipinski definition) is 10. The van der Waals surface area contributed by atoms with Crippen LogP contribution in [0.3, 0.4) is 0 Å². The third-order valence-electron chi connectivity index (χ3n) is 5.41. The fourth-order valence-electron chi connectivity index (χ4n) is 3.49. The minimum atomic E-state index is -0.969. The molecule has 0 saturated carbocycles. The zero-order chi connectivity index (χ0) is 22.8. The third kappa shape index (κ3) is 7.27. The molecule has 1 saturated heterocycles. The SMILES string of the molecule is CN(c1cccnc1)c1nc(NCCCC[C@H](N)C(=O)O)nc(NCCN2CCCC2)n1.